The Morgan fingerprint density at radius 2 is 1.95 bits per heavy atom. The molecule has 106 valence electrons. The van der Waals surface area contributed by atoms with Gasteiger partial charge in [0.15, 0.2) is 11.7 Å². The van der Waals surface area contributed by atoms with Crippen LogP contribution >= 0.6 is 15.9 Å². The zero-order valence-electron chi connectivity index (χ0n) is 11.4. The van der Waals surface area contributed by atoms with Crippen LogP contribution in [0.3, 0.4) is 0 Å². The van der Waals surface area contributed by atoms with Gasteiger partial charge in [0.25, 0.3) is 0 Å². The first-order valence-electron chi connectivity index (χ1n) is 6.66. The molecule has 0 N–H and O–H groups in total. The lowest BCUT2D eigenvalue weighted by Gasteiger charge is -2.23. The number of ether oxygens (including phenoxy) is 2. The second-order valence-corrected chi connectivity index (χ2v) is 6.05. The number of benzene rings is 1. The van der Waals surface area contributed by atoms with Crippen molar-refractivity contribution in [3.8, 4) is 0 Å². The normalized spacial score (nSPS) is 16.4. The Morgan fingerprint density at radius 1 is 1.25 bits per heavy atom. The molecule has 0 spiro atoms. The molecular weight excluding hydrogens is 322 g/mol. The predicted molar refractivity (Wildman–Crippen MR) is 80.9 cm³/mol. The van der Waals surface area contributed by atoms with E-state index in [1.165, 1.54) is 0 Å². The molecule has 3 rings (SSSR count). The van der Waals surface area contributed by atoms with Crippen LogP contribution in [0.2, 0.25) is 0 Å². The monoisotopic (exact) mass is 337 g/mol. The van der Waals surface area contributed by atoms with Crippen LogP contribution in [-0.2, 0) is 9.47 Å². The van der Waals surface area contributed by atoms with E-state index in [2.05, 4.69) is 34.3 Å². The Labute approximate surface area is 125 Å². The average Bonchev–Trinajstić information content (AvgIpc) is 2.91. The van der Waals surface area contributed by atoms with Crippen LogP contribution in [0.1, 0.15) is 31.9 Å². The van der Waals surface area contributed by atoms with Gasteiger partial charge in [0.2, 0.25) is 0 Å². The van der Waals surface area contributed by atoms with Gasteiger partial charge in [0.1, 0.15) is 0 Å². The lowest BCUT2D eigenvalue weighted by Crippen LogP contribution is -2.19. The average molecular weight is 338 g/mol. The van der Waals surface area contributed by atoms with Gasteiger partial charge in [-0.15, -0.1) is 0 Å². The van der Waals surface area contributed by atoms with E-state index in [-0.39, 0.29) is 11.5 Å². The van der Waals surface area contributed by atoms with Crippen molar-refractivity contribution in [3.05, 3.63) is 44.7 Å². The van der Waals surface area contributed by atoms with Crippen LogP contribution in [0.4, 0.5) is 0 Å². The first kappa shape index (κ1) is 13.8. The molecule has 0 unspecified atom stereocenters. The van der Waals surface area contributed by atoms with E-state index in [1.807, 2.05) is 18.2 Å². The minimum absolute atomic E-state index is 0.00139. The highest BCUT2D eigenvalue weighted by Crippen LogP contribution is 2.29. The summed E-state index contributed by atoms with van der Waals surface area (Å²) in [5.41, 5.74) is 1.68. The molecule has 1 aromatic heterocycles. The number of fused-ring (bicyclic) bond motifs is 1. The van der Waals surface area contributed by atoms with E-state index in [9.17, 15) is 4.79 Å². The van der Waals surface area contributed by atoms with Crippen molar-refractivity contribution in [2.45, 2.75) is 26.2 Å². The summed E-state index contributed by atoms with van der Waals surface area (Å²) in [5.74, 6) is 0. The van der Waals surface area contributed by atoms with Crippen molar-refractivity contribution in [1.29, 1.82) is 0 Å². The first-order chi connectivity index (χ1) is 9.58. The smallest absolute Gasteiger partial charge is 0.199 e. The fraction of sp³-hybridized carbons (Fsp3) is 0.400. The van der Waals surface area contributed by atoms with Crippen LogP contribution < -0.4 is 5.43 Å². The highest BCUT2D eigenvalue weighted by molar-refractivity contribution is 9.10. The summed E-state index contributed by atoms with van der Waals surface area (Å²) in [7, 11) is 0. The zero-order valence-corrected chi connectivity index (χ0v) is 13.0. The highest BCUT2D eigenvalue weighted by Gasteiger charge is 2.24. The largest absolute Gasteiger partial charge is 0.345 e. The fourth-order valence-corrected chi connectivity index (χ4v) is 2.97. The summed E-state index contributed by atoms with van der Waals surface area (Å²) < 4.78 is 14.2. The maximum atomic E-state index is 12.3. The van der Waals surface area contributed by atoms with Gasteiger partial charge in [-0.3, -0.25) is 4.79 Å². The molecule has 2 heterocycles. The summed E-state index contributed by atoms with van der Waals surface area (Å²) >= 11 is 3.47. The molecule has 4 nitrogen and oxygen atoms in total. The van der Waals surface area contributed by atoms with Crippen molar-refractivity contribution < 1.29 is 9.47 Å². The molecule has 1 aromatic carbocycles. The summed E-state index contributed by atoms with van der Waals surface area (Å²) in [6, 6.07) is 7.54. The van der Waals surface area contributed by atoms with Crippen LogP contribution in [0, 0.1) is 0 Å². The third-order valence-corrected chi connectivity index (χ3v) is 3.91. The lowest BCUT2D eigenvalue weighted by atomic mass is 10.1. The number of rotatable bonds is 2. The number of pyridine rings is 1. The number of aromatic nitrogens is 1. The maximum absolute atomic E-state index is 12.3. The minimum Gasteiger partial charge on any atom is -0.345 e. The van der Waals surface area contributed by atoms with Gasteiger partial charge in [-0.1, -0.05) is 15.9 Å². The van der Waals surface area contributed by atoms with Gasteiger partial charge in [0, 0.05) is 22.0 Å². The van der Waals surface area contributed by atoms with Gasteiger partial charge in [-0.25, -0.2) is 0 Å². The van der Waals surface area contributed by atoms with Crippen molar-refractivity contribution in [2.75, 3.05) is 13.2 Å². The Bertz CT molecular complexity index is 702. The molecule has 0 radical (unpaired) electrons. The van der Waals surface area contributed by atoms with Crippen molar-refractivity contribution in [1.82, 2.24) is 4.57 Å². The standard InChI is InChI=1S/C15H16BrNO3/c1-9(2)17-12-7-10(16)3-4-11(12)14(18)8-13(17)15-19-5-6-20-15/h3-4,7-9,15H,5-6H2,1-2H3. The van der Waals surface area contributed by atoms with Gasteiger partial charge in [-0.2, -0.15) is 0 Å². The summed E-state index contributed by atoms with van der Waals surface area (Å²) in [6.07, 6.45) is -0.450. The van der Waals surface area contributed by atoms with Crippen LogP contribution in [0.15, 0.2) is 33.5 Å². The number of nitrogens with zero attached hydrogens (tertiary/aromatic N) is 1. The summed E-state index contributed by atoms with van der Waals surface area (Å²) in [6.45, 7) is 5.30. The van der Waals surface area contributed by atoms with E-state index >= 15 is 0 Å². The van der Waals surface area contributed by atoms with Crippen molar-refractivity contribution in [2.24, 2.45) is 0 Å². The minimum atomic E-state index is -0.450. The summed E-state index contributed by atoms with van der Waals surface area (Å²) in [5, 5.41) is 0.712. The molecule has 1 saturated heterocycles. The Hall–Kier alpha value is -1.17. The van der Waals surface area contributed by atoms with Gasteiger partial charge in [0.05, 0.1) is 24.4 Å². The third-order valence-electron chi connectivity index (χ3n) is 3.42. The molecule has 0 atom stereocenters. The number of hydrogen-bond acceptors (Lipinski definition) is 3. The Morgan fingerprint density at radius 3 is 2.60 bits per heavy atom. The molecule has 5 heteroatoms. The second-order valence-electron chi connectivity index (χ2n) is 5.13. The summed E-state index contributed by atoms with van der Waals surface area (Å²) in [4.78, 5) is 12.3. The van der Waals surface area contributed by atoms with Gasteiger partial charge in [-0.05, 0) is 32.0 Å². The first-order valence-corrected chi connectivity index (χ1v) is 7.45. The molecule has 1 aliphatic heterocycles. The second kappa shape index (κ2) is 5.31. The molecule has 0 bridgehead atoms. The molecule has 1 fully saturated rings. The molecule has 0 saturated carbocycles. The molecular formula is C15H16BrNO3. The molecule has 2 aromatic rings. The number of halogens is 1. The van der Waals surface area contributed by atoms with E-state index in [1.54, 1.807) is 6.07 Å². The van der Waals surface area contributed by atoms with E-state index in [0.29, 0.717) is 18.6 Å². The van der Waals surface area contributed by atoms with Crippen molar-refractivity contribution >= 4 is 26.8 Å². The molecule has 0 aliphatic carbocycles. The lowest BCUT2D eigenvalue weighted by molar-refractivity contribution is -0.0503. The third kappa shape index (κ3) is 2.30. The molecule has 0 amide bonds. The fourth-order valence-electron chi connectivity index (χ4n) is 2.62. The molecule has 1 aliphatic rings. The quantitative estimate of drug-likeness (QED) is 0.843. The van der Waals surface area contributed by atoms with Crippen LogP contribution in [-0.4, -0.2) is 17.8 Å². The zero-order chi connectivity index (χ0) is 14.3. The van der Waals surface area contributed by atoms with Gasteiger partial charge >= 0.3 is 0 Å². The van der Waals surface area contributed by atoms with Crippen molar-refractivity contribution in [3.63, 3.8) is 0 Å². The highest BCUT2D eigenvalue weighted by atomic mass is 79.9. The maximum Gasteiger partial charge on any atom is 0.199 e. The predicted octanol–water partition coefficient (Wildman–Crippen LogP) is 3.39. The van der Waals surface area contributed by atoms with Crippen LogP contribution in [0.25, 0.3) is 10.9 Å². The Balaban J connectivity index is 2.34. The molecule has 20 heavy (non-hydrogen) atoms. The SMILES string of the molecule is CC(C)n1c(C2OCCO2)cc(=O)c2ccc(Br)cc21. The van der Waals surface area contributed by atoms with E-state index in [0.717, 1.165) is 15.7 Å². The Kier molecular flexibility index (Phi) is 3.67. The number of hydrogen-bond donors (Lipinski definition) is 0. The van der Waals surface area contributed by atoms with E-state index in [4.69, 9.17) is 9.47 Å². The topological polar surface area (TPSA) is 40.5 Å². The van der Waals surface area contributed by atoms with Gasteiger partial charge < -0.3 is 14.0 Å². The van der Waals surface area contributed by atoms with E-state index < -0.39 is 6.29 Å². The van der Waals surface area contributed by atoms with Crippen LogP contribution in [0.5, 0.6) is 0 Å².